The predicted molar refractivity (Wildman–Crippen MR) is 115 cm³/mol. The van der Waals surface area contributed by atoms with E-state index in [0.717, 1.165) is 19.4 Å². The summed E-state index contributed by atoms with van der Waals surface area (Å²) < 4.78 is 0. The van der Waals surface area contributed by atoms with Crippen molar-refractivity contribution in [3.05, 3.63) is 41.0 Å². The number of carbonyl (C=O) groups excluding carboxylic acids is 2. The molecular weight excluding hydrogens is 350 g/mol. The van der Waals surface area contributed by atoms with Crippen LogP contribution >= 0.6 is 0 Å². The van der Waals surface area contributed by atoms with E-state index in [-0.39, 0.29) is 22.9 Å². The fraction of sp³-hybridized carbons (Fsp3) is 0.583. The van der Waals surface area contributed by atoms with Gasteiger partial charge in [-0.15, -0.1) is 0 Å². The molecule has 0 amide bonds. The molecule has 0 aromatic heterocycles. The molecule has 4 heteroatoms. The second-order valence-corrected chi connectivity index (χ2v) is 7.82. The van der Waals surface area contributed by atoms with E-state index in [4.69, 9.17) is 0 Å². The number of hydrogen-bond acceptors (Lipinski definition) is 4. The molecule has 0 saturated carbocycles. The highest BCUT2D eigenvalue weighted by Gasteiger charge is 2.34. The first-order chi connectivity index (χ1) is 13.6. The Balaban J connectivity index is 1.71. The summed E-state index contributed by atoms with van der Waals surface area (Å²) in [5, 5.41) is 13.8. The molecule has 2 N–H and O–H groups in total. The smallest absolute Gasteiger partial charge is 0.234 e. The van der Waals surface area contributed by atoms with Crippen LogP contribution in [-0.4, -0.2) is 29.3 Å². The molecule has 0 fully saturated rings. The lowest BCUT2D eigenvalue weighted by molar-refractivity contribution is -0.112. The van der Waals surface area contributed by atoms with Crippen molar-refractivity contribution in [1.29, 1.82) is 0 Å². The minimum atomic E-state index is -0.598. The third-order valence-electron chi connectivity index (χ3n) is 5.55. The molecule has 1 aromatic carbocycles. The van der Waals surface area contributed by atoms with Crippen LogP contribution in [0.5, 0.6) is 0 Å². The maximum atomic E-state index is 12.4. The van der Waals surface area contributed by atoms with Crippen LogP contribution in [0.1, 0.15) is 94.0 Å². The van der Waals surface area contributed by atoms with Gasteiger partial charge in [0, 0.05) is 17.2 Å². The fourth-order valence-corrected chi connectivity index (χ4v) is 3.82. The summed E-state index contributed by atoms with van der Waals surface area (Å²) in [7, 11) is 0. The number of benzene rings is 1. The van der Waals surface area contributed by atoms with E-state index in [2.05, 4.69) is 12.2 Å². The molecule has 1 aliphatic rings. The number of Topliss-reactive ketones (excluding diaryl/α,β-unsaturated/α-hetero) is 2. The van der Waals surface area contributed by atoms with Crippen LogP contribution in [0.25, 0.3) is 5.76 Å². The Morgan fingerprint density at radius 2 is 1.36 bits per heavy atom. The average Bonchev–Trinajstić information content (AvgIpc) is 2.70. The van der Waals surface area contributed by atoms with Crippen LogP contribution in [0.2, 0.25) is 0 Å². The maximum absolute atomic E-state index is 12.4. The van der Waals surface area contributed by atoms with E-state index in [9.17, 15) is 14.7 Å². The van der Waals surface area contributed by atoms with E-state index in [1.165, 1.54) is 51.4 Å². The van der Waals surface area contributed by atoms with Gasteiger partial charge in [0.15, 0.2) is 0 Å². The SMILES string of the molecule is CCCCCCCCCCCCN[C@H](C)C1=C(O)c2ccccc2C(=O)C1=O. The fourth-order valence-electron chi connectivity index (χ4n) is 3.82. The zero-order chi connectivity index (χ0) is 20.4. The van der Waals surface area contributed by atoms with Crippen molar-refractivity contribution in [2.75, 3.05) is 6.54 Å². The minimum absolute atomic E-state index is 0.0664. The van der Waals surface area contributed by atoms with Gasteiger partial charge in [-0.25, -0.2) is 0 Å². The highest BCUT2D eigenvalue weighted by atomic mass is 16.3. The normalized spacial score (nSPS) is 15.1. The lowest BCUT2D eigenvalue weighted by Crippen LogP contribution is -2.37. The van der Waals surface area contributed by atoms with Crippen LogP contribution in [0.3, 0.4) is 0 Å². The predicted octanol–water partition coefficient (Wildman–Crippen LogP) is 5.62. The van der Waals surface area contributed by atoms with Crippen molar-refractivity contribution in [2.45, 2.75) is 84.1 Å². The van der Waals surface area contributed by atoms with Gasteiger partial charge in [-0.2, -0.15) is 0 Å². The molecule has 0 unspecified atom stereocenters. The highest BCUT2D eigenvalue weighted by Crippen LogP contribution is 2.29. The van der Waals surface area contributed by atoms with Gasteiger partial charge in [0.25, 0.3) is 0 Å². The number of carbonyl (C=O) groups is 2. The summed E-state index contributed by atoms with van der Waals surface area (Å²) in [5.41, 5.74) is 0.932. The Labute approximate surface area is 169 Å². The lowest BCUT2D eigenvalue weighted by Gasteiger charge is -2.22. The number of aliphatic hydroxyl groups excluding tert-OH is 1. The van der Waals surface area contributed by atoms with Crippen molar-refractivity contribution in [1.82, 2.24) is 5.32 Å². The quantitative estimate of drug-likeness (QED) is 0.342. The van der Waals surface area contributed by atoms with Crippen LogP contribution in [0.4, 0.5) is 0 Å². The Morgan fingerprint density at radius 3 is 1.96 bits per heavy atom. The zero-order valence-corrected chi connectivity index (χ0v) is 17.4. The number of hydrogen-bond donors (Lipinski definition) is 2. The van der Waals surface area contributed by atoms with Gasteiger partial charge in [-0.05, 0) is 19.9 Å². The molecule has 0 saturated heterocycles. The van der Waals surface area contributed by atoms with E-state index in [0.29, 0.717) is 5.56 Å². The Kier molecular flexibility index (Phi) is 9.42. The van der Waals surface area contributed by atoms with Gasteiger partial charge in [-0.1, -0.05) is 89.0 Å². The molecule has 154 valence electrons. The van der Waals surface area contributed by atoms with Crippen molar-refractivity contribution in [3.63, 3.8) is 0 Å². The molecule has 1 atom stereocenters. The first kappa shape index (κ1) is 22.4. The van der Waals surface area contributed by atoms with Crippen LogP contribution in [0, 0.1) is 0 Å². The second-order valence-electron chi connectivity index (χ2n) is 7.82. The number of ketones is 2. The molecule has 0 heterocycles. The van der Waals surface area contributed by atoms with Crippen molar-refractivity contribution in [2.24, 2.45) is 0 Å². The summed E-state index contributed by atoms with van der Waals surface area (Å²) in [6, 6.07) is 6.39. The van der Waals surface area contributed by atoms with Gasteiger partial charge in [0.05, 0.1) is 5.57 Å². The van der Waals surface area contributed by atoms with Gasteiger partial charge < -0.3 is 10.4 Å². The number of fused-ring (bicyclic) bond motifs is 1. The number of aliphatic hydroxyl groups is 1. The zero-order valence-electron chi connectivity index (χ0n) is 17.4. The third kappa shape index (κ3) is 6.03. The van der Waals surface area contributed by atoms with Gasteiger partial charge in [0.1, 0.15) is 5.76 Å². The largest absolute Gasteiger partial charge is 0.507 e. The van der Waals surface area contributed by atoms with E-state index < -0.39 is 11.6 Å². The Morgan fingerprint density at radius 1 is 0.821 bits per heavy atom. The Bertz CT molecular complexity index is 693. The van der Waals surface area contributed by atoms with Gasteiger partial charge in [0.2, 0.25) is 11.6 Å². The Hall–Kier alpha value is -1.94. The van der Waals surface area contributed by atoms with E-state index >= 15 is 0 Å². The molecule has 4 nitrogen and oxygen atoms in total. The minimum Gasteiger partial charge on any atom is -0.507 e. The van der Waals surface area contributed by atoms with Crippen molar-refractivity contribution < 1.29 is 14.7 Å². The van der Waals surface area contributed by atoms with E-state index in [1.807, 2.05) is 6.92 Å². The maximum Gasteiger partial charge on any atom is 0.234 e. The highest BCUT2D eigenvalue weighted by molar-refractivity contribution is 6.52. The standard InChI is InChI=1S/C24H35NO3/c1-3-4-5-6-7-8-9-10-11-14-17-25-18(2)21-22(26)19-15-12-13-16-20(19)23(27)24(21)28/h12-13,15-16,18,25-26H,3-11,14,17H2,1-2H3/t18-/m1/s1. The first-order valence-electron chi connectivity index (χ1n) is 10.9. The molecule has 1 aliphatic carbocycles. The van der Waals surface area contributed by atoms with E-state index in [1.54, 1.807) is 24.3 Å². The molecule has 1 aromatic rings. The first-order valence-corrected chi connectivity index (χ1v) is 10.9. The molecule has 0 radical (unpaired) electrons. The topological polar surface area (TPSA) is 66.4 Å². The second kappa shape index (κ2) is 11.8. The molecular formula is C24H35NO3. The van der Waals surface area contributed by atoms with Crippen LogP contribution in [0.15, 0.2) is 29.8 Å². The molecule has 28 heavy (non-hydrogen) atoms. The summed E-state index contributed by atoms with van der Waals surface area (Å²) in [4.78, 5) is 24.7. The molecule has 0 bridgehead atoms. The van der Waals surface area contributed by atoms with Crippen molar-refractivity contribution >= 4 is 17.3 Å². The third-order valence-corrected chi connectivity index (χ3v) is 5.55. The summed E-state index contributed by atoms with van der Waals surface area (Å²) in [5.74, 6) is -1.20. The summed E-state index contributed by atoms with van der Waals surface area (Å²) >= 11 is 0. The molecule has 2 rings (SSSR count). The summed E-state index contributed by atoms with van der Waals surface area (Å²) in [6.07, 6.45) is 12.8. The van der Waals surface area contributed by atoms with Gasteiger partial charge in [-0.3, -0.25) is 9.59 Å². The monoisotopic (exact) mass is 385 g/mol. The molecule has 0 spiro atoms. The number of unbranched alkanes of at least 4 members (excludes halogenated alkanes) is 9. The molecule has 0 aliphatic heterocycles. The van der Waals surface area contributed by atoms with Crippen molar-refractivity contribution in [3.8, 4) is 0 Å². The van der Waals surface area contributed by atoms with Crippen LogP contribution < -0.4 is 5.32 Å². The van der Waals surface area contributed by atoms with Crippen LogP contribution in [-0.2, 0) is 4.79 Å². The lowest BCUT2D eigenvalue weighted by atomic mass is 9.85. The summed E-state index contributed by atoms with van der Waals surface area (Å²) in [6.45, 7) is 4.85. The number of nitrogens with one attached hydrogen (secondary N) is 1. The number of rotatable bonds is 13. The average molecular weight is 386 g/mol. The van der Waals surface area contributed by atoms with Gasteiger partial charge >= 0.3 is 0 Å².